The second-order valence-corrected chi connectivity index (χ2v) is 7.03. The molecule has 1 atom stereocenters. The molecular formula is C23H31NO3. The quantitative estimate of drug-likeness (QED) is 0.661. The zero-order chi connectivity index (χ0) is 19.8. The maximum Gasteiger partial charge on any atom is 0.251 e. The molecule has 0 saturated heterocycles. The van der Waals surface area contributed by atoms with Crippen molar-refractivity contribution in [3.8, 4) is 11.5 Å². The molecule has 4 heteroatoms. The van der Waals surface area contributed by atoms with Crippen molar-refractivity contribution in [1.29, 1.82) is 0 Å². The largest absolute Gasteiger partial charge is 0.493 e. The Hall–Kier alpha value is -2.49. The van der Waals surface area contributed by atoms with E-state index in [1.807, 2.05) is 52.0 Å². The van der Waals surface area contributed by atoms with E-state index in [0.29, 0.717) is 18.8 Å². The second-order valence-electron chi connectivity index (χ2n) is 7.03. The summed E-state index contributed by atoms with van der Waals surface area (Å²) < 4.78 is 11.7. The van der Waals surface area contributed by atoms with Crippen LogP contribution in [-0.2, 0) is 6.61 Å². The van der Waals surface area contributed by atoms with Crippen LogP contribution in [0.5, 0.6) is 11.5 Å². The minimum Gasteiger partial charge on any atom is -0.493 e. The lowest BCUT2D eigenvalue weighted by Gasteiger charge is -2.16. The van der Waals surface area contributed by atoms with Crippen LogP contribution in [0.15, 0.2) is 36.4 Å². The van der Waals surface area contributed by atoms with Gasteiger partial charge in [0.25, 0.3) is 5.91 Å². The fraction of sp³-hybridized carbons (Fsp3) is 0.435. The minimum atomic E-state index is -0.0633. The predicted octanol–water partition coefficient (Wildman–Crippen LogP) is 5.20. The fourth-order valence-electron chi connectivity index (χ4n) is 3.12. The number of carbonyl (C=O) groups is 1. The van der Waals surface area contributed by atoms with Crippen molar-refractivity contribution in [1.82, 2.24) is 5.32 Å². The molecule has 0 aliphatic heterocycles. The molecule has 4 nitrogen and oxygen atoms in total. The van der Waals surface area contributed by atoms with Crippen LogP contribution < -0.4 is 14.8 Å². The summed E-state index contributed by atoms with van der Waals surface area (Å²) >= 11 is 0. The molecule has 2 rings (SSSR count). The minimum absolute atomic E-state index is 0.0633. The summed E-state index contributed by atoms with van der Waals surface area (Å²) in [6.45, 7) is 11.1. The molecule has 0 unspecified atom stereocenters. The summed E-state index contributed by atoms with van der Waals surface area (Å²) in [4.78, 5) is 12.5. The monoisotopic (exact) mass is 369 g/mol. The Morgan fingerprint density at radius 3 is 2.37 bits per heavy atom. The van der Waals surface area contributed by atoms with Gasteiger partial charge in [0.05, 0.1) is 6.61 Å². The van der Waals surface area contributed by atoms with E-state index < -0.39 is 0 Å². The highest BCUT2D eigenvalue weighted by molar-refractivity contribution is 5.94. The van der Waals surface area contributed by atoms with Gasteiger partial charge in [0.2, 0.25) is 0 Å². The van der Waals surface area contributed by atoms with E-state index in [0.717, 1.165) is 41.0 Å². The van der Waals surface area contributed by atoms with Gasteiger partial charge in [-0.1, -0.05) is 19.4 Å². The van der Waals surface area contributed by atoms with Crippen LogP contribution in [0.3, 0.4) is 0 Å². The molecule has 0 radical (unpaired) electrons. The summed E-state index contributed by atoms with van der Waals surface area (Å²) in [5, 5.41) is 3.04. The molecule has 2 aromatic carbocycles. The number of rotatable bonds is 9. The first kappa shape index (κ1) is 20.8. The molecule has 2 aromatic rings. The fourth-order valence-corrected chi connectivity index (χ4v) is 3.12. The Balaban J connectivity index is 2.17. The van der Waals surface area contributed by atoms with Crippen molar-refractivity contribution in [2.24, 2.45) is 0 Å². The van der Waals surface area contributed by atoms with E-state index in [2.05, 4.69) is 18.3 Å². The molecule has 27 heavy (non-hydrogen) atoms. The average molecular weight is 370 g/mol. The molecule has 0 saturated carbocycles. The third kappa shape index (κ3) is 6.31. The van der Waals surface area contributed by atoms with Crippen LogP contribution >= 0.6 is 0 Å². The van der Waals surface area contributed by atoms with Crippen molar-refractivity contribution in [2.45, 2.75) is 60.1 Å². The third-order valence-corrected chi connectivity index (χ3v) is 4.31. The van der Waals surface area contributed by atoms with Crippen LogP contribution in [0.1, 0.15) is 60.7 Å². The molecule has 1 N–H and O–H groups in total. The first-order valence-electron chi connectivity index (χ1n) is 9.70. The lowest BCUT2D eigenvalue weighted by molar-refractivity contribution is 0.0938. The molecule has 146 valence electrons. The van der Waals surface area contributed by atoms with Crippen LogP contribution in [-0.4, -0.2) is 18.6 Å². The first-order chi connectivity index (χ1) is 12.9. The second kappa shape index (κ2) is 10.0. The maximum absolute atomic E-state index is 12.5. The summed E-state index contributed by atoms with van der Waals surface area (Å²) in [5.41, 5.74) is 3.81. The van der Waals surface area contributed by atoms with Gasteiger partial charge in [0, 0.05) is 17.2 Å². The molecule has 0 aromatic heterocycles. The predicted molar refractivity (Wildman–Crippen MR) is 110 cm³/mol. The van der Waals surface area contributed by atoms with E-state index in [1.165, 1.54) is 0 Å². The van der Waals surface area contributed by atoms with Gasteiger partial charge in [0.1, 0.15) is 18.1 Å². The smallest absolute Gasteiger partial charge is 0.251 e. The number of aryl methyl sites for hydroxylation is 2. The highest BCUT2D eigenvalue weighted by Crippen LogP contribution is 2.24. The summed E-state index contributed by atoms with van der Waals surface area (Å²) in [7, 11) is 0. The number of ether oxygens (including phenoxy) is 2. The van der Waals surface area contributed by atoms with Gasteiger partial charge in [-0.3, -0.25) is 4.79 Å². The Morgan fingerprint density at radius 1 is 1.04 bits per heavy atom. The average Bonchev–Trinajstić information content (AvgIpc) is 2.60. The van der Waals surface area contributed by atoms with Crippen molar-refractivity contribution in [3.05, 3.63) is 58.7 Å². The Kier molecular flexibility index (Phi) is 7.71. The summed E-state index contributed by atoms with van der Waals surface area (Å²) in [5.74, 6) is 1.51. The van der Waals surface area contributed by atoms with Gasteiger partial charge in [-0.25, -0.2) is 0 Å². The Labute approximate surface area is 162 Å². The normalized spacial score (nSPS) is 11.7. The summed E-state index contributed by atoms with van der Waals surface area (Å²) in [6, 6.07) is 11.8. The van der Waals surface area contributed by atoms with E-state index in [9.17, 15) is 4.79 Å². The van der Waals surface area contributed by atoms with Gasteiger partial charge in [-0.15, -0.1) is 0 Å². The van der Waals surface area contributed by atoms with Crippen molar-refractivity contribution < 1.29 is 14.3 Å². The lowest BCUT2D eigenvalue weighted by atomic mass is 10.1. The van der Waals surface area contributed by atoms with Gasteiger partial charge >= 0.3 is 0 Å². The topological polar surface area (TPSA) is 47.6 Å². The number of hydrogen-bond donors (Lipinski definition) is 1. The van der Waals surface area contributed by atoms with Gasteiger partial charge in [0.15, 0.2) is 0 Å². The van der Waals surface area contributed by atoms with Crippen LogP contribution in [0.25, 0.3) is 0 Å². The number of benzene rings is 2. The number of hydrogen-bond acceptors (Lipinski definition) is 3. The molecule has 0 aliphatic rings. The van der Waals surface area contributed by atoms with Crippen molar-refractivity contribution in [3.63, 3.8) is 0 Å². The van der Waals surface area contributed by atoms with Crippen molar-refractivity contribution >= 4 is 5.91 Å². The van der Waals surface area contributed by atoms with Crippen LogP contribution in [0, 0.1) is 13.8 Å². The Morgan fingerprint density at radius 2 is 1.74 bits per heavy atom. The molecule has 0 spiro atoms. The van der Waals surface area contributed by atoms with Gasteiger partial charge in [-0.2, -0.15) is 0 Å². The molecule has 0 heterocycles. The molecule has 0 fully saturated rings. The Bertz CT molecular complexity index is 750. The van der Waals surface area contributed by atoms with Gasteiger partial charge in [-0.05, 0) is 75.6 Å². The molecular weight excluding hydrogens is 338 g/mol. The zero-order valence-electron chi connectivity index (χ0n) is 17.1. The zero-order valence-corrected chi connectivity index (χ0v) is 17.1. The van der Waals surface area contributed by atoms with E-state index in [4.69, 9.17) is 9.47 Å². The number of nitrogens with one attached hydrogen (secondary N) is 1. The maximum atomic E-state index is 12.5. The number of carbonyl (C=O) groups excluding carboxylic acids is 1. The first-order valence-corrected chi connectivity index (χ1v) is 9.70. The highest BCUT2D eigenvalue weighted by Gasteiger charge is 2.13. The molecule has 1 amide bonds. The summed E-state index contributed by atoms with van der Waals surface area (Å²) in [6.07, 6.45) is 2.01. The third-order valence-electron chi connectivity index (χ3n) is 4.31. The van der Waals surface area contributed by atoms with E-state index >= 15 is 0 Å². The van der Waals surface area contributed by atoms with E-state index in [-0.39, 0.29) is 11.9 Å². The van der Waals surface area contributed by atoms with Crippen LogP contribution in [0.4, 0.5) is 0 Å². The lowest BCUT2D eigenvalue weighted by Crippen LogP contribution is -2.32. The van der Waals surface area contributed by atoms with Gasteiger partial charge < -0.3 is 14.8 Å². The SMILES string of the molecule is CCC[C@@H](C)NC(=O)c1ccc(OCC)c(COc2cc(C)cc(C)c2)c1. The number of amides is 1. The molecule has 0 aliphatic carbocycles. The standard InChI is InChI=1S/C23H31NO3/c1-6-8-18(5)24-23(25)19-9-10-22(26-7-2)20(14-19)15-27-21-12-16(3)11-17(4)13-21/h9-14,18H,6-8,15H2,1-5H3,(H,24,25)/t18-/m1/s1. The van der Waals surface area contributed by atoms with Crippen LogP contribution in [0.2, 0.25) is 0 Å². The highest BCUT2D eigenvalue weighted by atomic mass is 16.5. The van der Waals surface area contributed by atoms with Crippen molar-refractivity contribution in [2.75, 3.05) is 6.61 Å². The van der Waals surface area contributed by atoms with E-state index in [1.54, 1.807) is 6.07 Å². The molecule has 0 bridgehead atoms.